The molecule has 0 spiro atoms. The van der Waals surface area contributed by atoms with E-state index in [4.69, 9.17) is 0 Å². The minimum atomic E-state index is -3.56. The molecule has 1 aromatic rings. The van der Waals surface area contributed by atoms with Crippen molar-refractivity contribution in [2.75, 3.05) is 25.4 Å². The Morgan fingerprint density at radius 3 is 2.77 bits per heavy atom. The first kappa shape index (κ1) is 18.7. The summed E-state index contributed by atoms with van der Waals surface area (Å²) in [5, 5.41) is 2.88. The van der Waals surface area contributed by atoms with Gasteiger partial charge in [0.15, 0.2) is 0 Å². The van der Waals surface area contributed by atoms with Crippen molar-refractivity contribution in [1.82, 2.24) is 24.5 Å². The van der Waals surface area contributed by atoms with Crippen LogP contribution in [-0.4, -0.2) is 76.9 Å². The van der Waals surface area contributed by atoms with Crippen molar-refractivity contribution in [1.29, 1.82) is 0 Å². The number of amides is 2. The molecule has 0 saturated carbocycles. The molecule has 10 heteroatoms. The van der Waals surface area contributed by atoms with Crippen LogP contribution in [0.2, 0.25) is 0 Å². The van der Waals surface area contributed by atoms with Crippen LogP contribution in [0.4, 0.5) is 0 Å². The second kappa shape index (κ2) is 7.28. The standard InChI is InChI=1S/C16H23N5O4S/c1-3-4-21-16(23)14-7-12(10-20(14)5-6-26(21,24)25)19-15(22)13-9-17-11(2)8-18-13/h8-9,12,14H,3-7,10H2,1-2H3,(H,19,22)/t12-,14-/m0/s1. The van der Waals surface area contributed by atoms with Crippen molar-refractivity contribution in [3.8, 4) is 0 Å². The predicted molar refractivity (Wildman–Crippen MR) is 93.8 cm³/mol. The molecular weight excluding hydrogens is 358 g/mol. The lowest BCUT2D eigenvalue weighted by molar-refractivity contribution is -0.130. The van der Waals surface area contributed by atoms with Gasteiger partial charge in [0.05, 0.1) is 23.7 Å². The molecule has 142 valence electrons. The Labute approximate surface area is 152 Å². The highest BCUT2D eigenvalue weighted by atomic mass is 32.2. The van der Waals surface area contributed by atoms with Crippen molar-refractivity contribution < 1.29 is 18.0 Å². The highest BCUT2D eigenvalue weighted by Crippen LogP contribution is 2.25. The third-order valence-electron chi connectivity index (χ3n) is 4.68. The summed E-state index contributed by atoms with van der Waals surface area (Å²) in [7, 11) is -3.56. The molecule has 0 radical (unpaired) electrons. The Kier molecular flexibility index (Phi) is 5.24. The second-order valence-electron chi connectivity index (χ2n) is 6.69. The Morgan fingerprint density at radius 2 is 2.12 bits per heavy atom. The molecule has 3 rings (SSSR count). The summed E-state index contributed by atoms with van der Waals surface area (Å²) in [6.07, 6.45) is 3.90. The average molecular weight is 381 g/mol. The maximum atomic E-state index is 12.7. The Balaban J connectivity index is 1.70. The molecule has 2 atom stereocenters. The molecule has 26 heavy (non-hydrogen) atoms. The van der Waals surface area contributed by atoms with Gasteiger partial charge in [-0.1, -0.05) is 6.92 Å². The van der Waals surface area contributed by atoms with Crippen molar-refractivity contribution in [2.24, 2.45) is 0 Å². The SMILES string of the molecule is CCCN1C(=O)[C@@H]2C[C@H](NC(=O)c3cnc(C)cn3)CN2CCS1(=O)=O. The summed E-state index contributed by atoms with van der Waals surface area (Å²) in [4.78, 5) is 35.0. The maximum Gasteiger partial charge on any atom is 0.271 e. The average Bonchev–Trinajstić information content (AvgIpc) is 2.97. The first-order chi connectivity index (χ1) is 12.3. The van der Waals surface area contributed by atoms with Crippen LogP contribution in [0.1, 0.15) is 35.9 Å². The van der Waals surface area contributed by atoms with E-state index in [0.717, 1.165) is 10.00 Å². The number of nitrogens with zero attached hydrogens (tertiary/aromatic N) is 4. The number of hydrogen-bond acceptors (Lipinski definition) is 7. The number of hydrogen-bond donors (Lipinski definition) is 1. The monoisotopic (exact) mass is 381 g/mol. The van der Waals surface area contributed by atoms with E-state index >= 15 is 0 Å². The molecule has 0 aromatic carbocycles. The van der Waals surface area contributed by atoms with Crippen molar-refractivity contribution in [3.05, 3.63) is 23.8 Å². The normalized spacial score (nSPS) is 25.6. The van der Waals surface area contributed by atoms with E-state index in [1.807, 2.05) is 11.8 Å². The van der Waals surface area contributed by atoms with Gasteiger partial charge in [-0.2, -0.15) is 0 Å². The largest absolute Gasteiger partial charge is 0.347 e. The first-order valence-corrected chi connectivity index (χ1v) is 10.3. The highest BCUT2D eigenvalue weighted by Gasteiger charge is 2.45. The quantitative estimate of drug-likeness (QED) is 0.751. The van der Waals surface area contributed by atoms with Crippen molar-refractivity contribution >= 4 is 21.8 Å². The van der Waals surface area contributed by atoms with Gasteiger partial charge >= 0.3 is 0 Å². The van der Waals surface area contributed by atoms with Crippen LogP contribution < -0.4 is 5.32 Å². The highest BCUT2D eigenvalue weighted by molar-refractivity contribution is 7.89. The number of aromatic nitrogens is 2. The molecule has 2 saturated heterocycles. The number of carbonyl (C=O) groups excluding carboxylic acids is 2. The molecule has 2 aliphatic rings. The Bertz CT molecular complexity index is 795. The zero-order valence-electron chi connectivity index (χ0n) is 14.9. The molecule has 0 unspecified atom stereocenters. The van der Waals surface area contributed by atoms with Crippen LogP contribution in [0.15, 0.2) is 12.4 Å². The Hall–Kier alpha value is -2.07. The number of rotatable bonds is 4. The molecule has 2 aliphatic heterocycles. The predicted octanol–water partition coefficient (Wildman–Crippen LogP) is -0.460. The summed E-state index contributed by atoms with van der Waals surface area (Å²) < 4.78 is 25.6. The van der Waals surface area contributed by atoms with Crippen LogP contribution >= 0.6 is 0 Å². The van der Waals surface area contributed by atoms with E-state index in [0.29, 0.717) is 19.4 Å². The van der Waals surface area contributed by atoms with Crippen LogP contribution in [0.5, 0.6) is 0 Å². The number of sulfonamides is 1. The molecule has 2 amide bonds. The molecule has 1 aromatic heterocycles. The summed E-state index contributed by atoms with van der Waals surface area (Å²) >= 11 is 0. The molecule has 0 bridgehead atoms. The van der Waals surface area contributed by atoms with E-state index in [-0.39, 0.29) is 36.5 Å². The molecule has 3 heterocycles. The molecular formula is C16H23N5O4S. The summed E-state index contributed by atoms with van der Waals surface area (Å²) in [6.45, 7) is 4.55. The van der Waals surface area contributed by atoms with Gasteiger partial charge in [-0.25, -0.2) is 17.7 Å². The number of fused-ring (bicyclic) bond motifs is 1. The van der Waals surface area contributed by atoms with Gasteiger partial charge in [0.25, 0.3) is 11.8 Å². The lowest BCUT2D eigenvalue weighted by atomic mass is 10.1. The van der Waals surface area contributed by atoms with Gasteiger partial charge in [0, 0.05) is 31.9 Å². The second-order valence-corrected chi connectivity index (χ2v) is 8.70. The third-order valence-corrected chi connectivity index (χ3v) is 6.41. The van der Waals surface area contributed by atoms with E-state index in [1.54, 1.807) is 6.92 Å². The summed E-state index contributed by atoms with van der Waals surface area (Å²) in [6, 6.07) is -0.753. The van der Waals surface area contributed by atoms with Crippen LogP contribution in [0, 0.1) is 6.92 Å². The van der Waals surface area contributed by atoms with Crippen LogP contribution in [-0.2, 0) is 14.8 Å². The van der Waals surface area contributed by atoms with Gasteiger partial charge < -0.3 is 5.32 Å². The zero-order valence-corrected chi connectivity index (χ0v) is 15.7. The maximum absolute atomic E-state index is 12.7. The fraction of sp³-hybridized carbons (Fsp3) is 0.625. The fourth-order valence-electron chi connectivity index (χ4n) is 3.38. The lowest BCUT2D eigenvalue weighted by Crippen LogP contribution is -2.44. The number of aryl methyl sites for hydroxylation is 1. The first-order valence-electron chi connectivity index (χ1n) is 8.69. The minimum Gasteiger partial charge on any atom is -0.347 e. The van der Waals surface area contributed by atoms with E-state index in [1.165, 1.54) is 12.4 Å². The third kappa shape index (κ3) is 3.70. The molecule has 0 aliphatic carbocycles. The van der Waals surface area contributed by atoms with Crippen LogP contribution in [0.3, 0.4) is 0 Å². The van der Waals surface area contributed by atoms with E-state index in [9.17, 15) is 18.0 Å². The van der Waals surface area contributed by atoms with E-state index in [2.05, 4.69) is 15.3 Å². The lowest BCUT2D eigenvalue weighted by Gasteiger charge is -2.23. The fourth-order valence-corrected chi connectivity index (χ4v) is 4.92. The van der Waals surface area contributed by atoms with Crippen molar-refractivity contribution in [2.45, 2.75) is 38.8 Å². The van der Waals surface area contributed by atoms with E-state index < -0.39 is 22.0 Å². The van der Waals surface area contributed by atoms with Gasteiger partial charge in [0.1, 0.15) is 5.69 Å². The number of nitrogens with one attached hydrogen (secondary N) is 1. The smallest absolute Gasteiger partial charge is 0.271 e. The van der Waals surface area contributed by atoms with Gasteiger partial charge in [-0.3, -0.25) is 19.5 Å². The molecule has 1 N–H and O–H groups in total. The summed E-state index contributed by atoms with van der Waals surface area (Å²) in [5.41, 5.74) is 0.942. The van der Waals surface area contributed by atoms with Crippen LogP contribution in [0.25, 0.3) is 0 Å². The minimum absolute atomic E-state index is 0.0840. The molecule has 2 fully saturated rings. The van der Waals surface area contributed by atoms with Gasteiger partial charge in [0.2, 0.25) is 10.0 Å². The topological polar surface area (TPSA) is 113 Å². The van der Waals surface area contributed by atoms with Crippen molar-refractivity contribution in [3.63, 3.8) is 0 Å². The summed E-state index contributed by atoms with van der Waals surface area (Å²) in [5.74, 6) is -0.818. The molecule has 9 nitrogen and oxygen atoms in total. The van der Waals surface area contributed by atoms with Gasteiger partial charge in [-0.05, 0) is 19.8 Å². The van der Waals surface area contributed by atoms with Gasteiger partial charge in [-0.15, -0.1) is 0 Å². The number of carbonyl (C=O) groups is 2. The zero-order chi connectivity index (χ0) is 18.9. The Morgan fingerprint density at radius 1 is 1.35 bits per heavy atom.